The summed E-state index contributed by atoms with van der Waals surface area (Å²) in [6.07, 6.45) is 0. The van der Waals surface area contributed by atoms with Crippen LogP contribution in [0.4, 0.5) is 4.39 Å². The third kappa shape index (κ3) is 3.84. The van der Waals surface area contributed by atoms with Gasteiger partial charge in [-0.25, -0.2) is 4.39 Å². The van der Waals surface area contributed by atoms with Crippen molar-refractivity contribution in [2.75, 3.05) is 6.54 Å². The minimum Gasteiger partial charge on any atom is -0.310 e. The zero-order chi connectivity index (χ0) is 14.5. The van der Waals surface area contributed by atoms with Gasteiger partial charge in [-0.15, -0.1) is 0 Å². The molecule has 0 fully saturated rings. The van der Waals surface area contributed by atoms with E-state index >= 15 is 0 Å². The molecular weight excluding hydrogens is 337 g/mol. The van der Waals surface area contributed by atoms with Crippen LogP contribution >= 0.6 is 27.7 Å². The molecule has 1 N–H and O–H groups in total. The minimum atomic E-state index is -0.169. The van der Waals surface area contributed by atoms with Gasteiger partial charge in [0.25, 0.3) is 0 Å². The van der Waals surface area contributed by atoms with Gasteiger partial charge in [0.15, 0.2) is 0 Å². The molecule has 0 bridgehead atoms. The van der Waals surface area contributed by atoms with Crippen LogP contribution in [0.1, 0.15) is 25.5 Å². The molecule has 0 saturated carbocycles. The number of hydrogen-bond acceptors (Lipinski definition) is 2. The molecular formula is C16H17BrFNS. The molecule has 106 valence electrons. The standard InChI is InChI=1S/C16H17BrFNS/c1-3-19-11(2)14-8-5-9-15(18)16(14)20-13-7-4-6-12(17)10-13/h4-11,19H,3H2,1-2H3. The van der Waals surface area contributed by atoms with Crippen molar-refractivity contribution < 1.29 is 4.39 Å². The Morgan fingerprint density at radius 1 is 1.25 bits per heavy atom. The lowest BCUT2D eigenvalue weighted by Crippen LogP contribution is -2.18. The van der Waals surface area contributed by atoms with E-state index in [1.165, 1.54) is 17.8 Å². The quantitative estimate of drug-likeness (QED) is 0.771. The predicted molar refractivity (Wildman–Crippen MR) is 86.8 cm³/mol. The zero-order valence-electron chi connectivity index (χ0n) is 11.5. The minimum absolute atomic E-state index is 0.130. The molecule has 1 atom stereocenters. The van der Waals surface area contributed by atoms with E-state index in [1.807, 2.05) is 30.3 Å². The highest BCUT2D eigenvalue weighted by Gasteiger charge is 2.14. The second-order valence-electron chi connectivity index (χ2n) is 4.50. The molecule has 4 heteroatoms. The summed E-state index contributed by atoms with van der Waals surface area (Å²) in [7, 11) is 0. The number of nitrogens with one attached hydrogen (secondary N) is 1. The lowest BCUT2D eigenvalue weighted by atomic mass is 10.1. The van der Waals surface area contributed by atoms with Crippen molar-refractivity contribution in [3.05, 3.63) is 58.3 Å². The monoisotopic (exact) mass is 353 g/mol. The molecule has 0 aromatic heterocycles. The van der Waals surface area contributed by atoms with Gasteiger partial charge in [-0.3, -0.25) is 0 Å². The molecule has 2 aromatic carbocycles. The average Bonchev–Trinajstić information content (AvgIpc) is 2.41. The maximum absolute atomic E-state index is 14.2. The van der Waals surface area contributed by atoms with E-state index in [1.54, 1.807) is 6.07 Å². The van der Waals surface area contributed by atoms with Gasteiger partial charge in [-0.1, -0.05) is 52.8 Å². The van der Waals surface area contributed by atoms with Crippen molar-refractivity contribution in [1.29, 1.82) is 0 Å². The van der Waals surface area contributed by atoms with Gasteiger partial charge in [0.2, 0.25) is 0 Å². The van der Waals surface area contributed by atoms with Gasteiger partial charge in [0.1, 0.15) is 5.82 Å². The van der Waals surface area contributed by atoms with Gasteiger partial charge >= 0.3 is 0 Å². The van der Waals surface area contributed by atoms with E-state index in [0.29, 0.717) is 4.90 Å². The smallest absolute Gasteiger partial charge is 0.137 e. The molecule has 1 unspecified atom stereocenters. The highest BCUT2D eigenvalue weighted by molar-refractivity contribution is 9.10. The third-order valence-corrected chi connectivity index (χ3v) is 4.61. The fourth-order valence-electron chi connectivity index (χ4n) is 2.04. The van der Waals surface area contributed by atoms with Gasteiger partial charge in [-0.2, -0.15) is 0 Å². The summed E-state index contributed by atoms with van der Waals surface area (Å²) in [6.45, 7) is 4.97. The van der Waals surface area contributed by atoms with Crippen molar-refractivity contribution in [3.63, 3.8) is 0 Å². The summed E-state index contributed by atoms with van der Waals surface area (Å²) in [6, 6.07) is 13.3. The topological polar surface area (TPSA) is 12.0 Å². The van der Waals surface area contributed by atoms with E-state index in [2.05, 4.69) is 35.1 Å². The lowest BCUT2D eigenvalue weighted by molar-refractivity contribution is 0.558. The lowest BCUT2D eigenvalue weighted by Gasteiger charge is -2.17. The second-order valence-corrected chi connectivity index (χ2v) is 6.50. The van der Waals surface area contributed by atoms with E-state index < -0.39 is 0 Å². The Morgan fingerprint density at radius 2 is 2.00 bits per heavy atom. The van der Waals surface area contributed by atoms with Crippen LogP contribution in [0, 0.1) is 5.82 Å². The van der Waals surface area contributed by atoms with E-state index in [4.69, 9.17) is 0 Å². The Kier molecular flexibility index (Phi) is 5.64. The van der Waals surface area contributed by atoms with Crippen LogP contribution < -0.4 is 5.32 Å². The maximum atomic E-state index is 14.2. The van der Waals surface area contributed by atoms with E-state index in [0.717, 1.165) is 21.5 Å². The second kappa shape index (κ2) is 7.25. The van der Waals surface area contributed by atoms with E-state index in [-0.39, 0.29) is 11.9 Å². The van der Waals surface area contributed by atoms with Crippen LogP contribution in [-0.4, -0.2) is 6.54 Å². The Bertz CT molecular complexity index is 588. The van der Waals surface area contributed by atoms with Crippen LogP contribution in [0.2, 0.25) is 0 Å². The molecule has 0 aliphatic rings. The molecule has 1 nitrogen and oxygen atoms in total. The molecule has 2 aromatic rings. The largest absolute Gasteiger partial charge is 0.310 e. The first-order chi connectivity index (χ1) is 9.61. The predicted octanol–water partition coefficient (Wildman–Crippen LogP) is 5.41. The summed E-state index contributed by atoms with van der Waals surface area (Å²) in [5.41, 5.74) is 0.997. The molecule has 0 aliphatic heterocycles. The molecule has 0 heterocycles. The average molecular weight is 354 g/mol. The summed E-state index contributed by atoms with van der Waals surface area (Å²) >= 11 is 4.91. The van der Waals surface area contributed by atoms with Gasteiger partial charge < -0.3 is 5.32 Å². The van der Waals surface area contributed by atoms with Crippen molar-refractivity contribution in [3.8, 4) is 0 Å². The molecule has 0 saturated heterocycles. The Morgan fingerprint density at radius 3 is 2.70 bits per heavy atom. The molecule has 20 heavy (non-hydrogen) atoms. The van der Waals surface area contributed by atoms with Crippen LogP contribution in [-0.2, 0) is 0 Å². The summed E-state index contributed by atoms with van der Waals surface area (Å²) in [4.78, 5) is 1.72. The Balaban J connectivity index is 2.35. The Labute approximate surface area is 132 Å². The van der Waals surface area contributed by atoms with Crippen LogP contribution in [0.15, 0.2) is 56.7 Å². The molecule has 0 radical (unpaired) electrons. The van der Waals surface area contributed by atoms with Gasteiger partial charge in [-0.05, 0) is 43.3 Å². The van der Waals surface area contributed by atoms with Crippen molar-refractivity contribution in [1.82, 2.24) is 5.32 Å². The van der Waals surface area contributed by atoms with Gasteiger partial charge in [0, 0.05) is 15.4 Å². The fraction of sp³-hybridized carbons (Fsp3) is 0.250. The highest BCUT2D eigenvalue weighted by Crippen LogP contribution is 2.36. The van der Waals surface area contributed by atoms with Crippen LogP contribution in [0.5, 0.6) is 0 Å². The van der Waals surface area contributed by atoms with E-state index in [9.17, 15) is 4.39 Å². The first-order valence-electron chi connectivity index (χ1n) is 6.57. The number of halogens is 2. The molecule has 0 aliphatic carbocycles. The van der Waals surface area contributed by atoms with Gasteiger partial charge in [0.05, 0.1) is 4.90 Å². The maximum Gasteiger partial charge on any atom is 0.137 e. The van der Waals surface area contributed by atoms with Crippen LogP contribution in [0.3, 0.4) is 0 Å². The number of hydrogen-bond donors (Lipinski definition) is 1. The molecule has 0 amide bonds. The summed E-state index contributed by atoms with van der Waals surface area (Å²) in [5, 5.41) is 3.34. The summed E-state index contributed by atoms with van der Waals surface area (Å²) in [5.74, 6) is -0.169. The van der Waals surface area contributed by atoms with Crippen LogP contribution in [0.25, 0.3) is 0 Å². The number of rotatable bonds is 5. The first kappa shape index (κ1) is 15.5. The van der Waals surface area contributed by atoms with Crippen molar-refractivity contribution in [2.45, 2.75) is 29.7 Å². The Hall–Kier alpha value is -0.840. The normalized spacial score (nSPS) is 12.4. The number of benzene rings is 2. The zero-order valence-corrected chi connectivity index (χ0v) is 13.9. The third-order valence-electron chi connectivity index (χ3n) is 2.99. The summed E-state index contributed by atoms with van der Waals surface area (Å²) < 4.78 is 15.2. The first-order valence-corrected chi connectivity index (χ1v) is 8.18. The van der Waals surface area contributed by atoms with Crippen molar-refractivity contribution >= 4 is 27.7 Å². The molecule has 0 spiro atoms. The highest BCUT2D eigenvalue weighted by atomic mass is 79.9. The SMILES string of the molecule is CCNC(C)c1cccc(F)c1Sc1cccc(Br)c1. The molecule has 2 rings (SSSR count). The van der Waals surface area contributed by atoms with Crippen molar-refractivity contribution in [2.24, 2.45) is 0 Å². The fourth-order valence-corrected chi connectivity index (χ4v) is 3.69.